The summed E-state index contributed by atoms with van der Waals surface area (Å²) < 4.78 is 6.18. The van der Waals surface area contributed by atoms with Gasteiger partial charge in [0, 0.05) is 41.3 Å². The van der Waals surface area contributed by atoms with Crippen LogP contribution < -0.4 is 10.1 Å². The number of phenolic OH excluding ortho intramolecular Hbond substituents is 2. The molecular weight excluding hydrogens is 382 g/mol. The number of halogens is 1. The highest BCUT2D eigenvalue weighted by Crippen LogP contribution is 2.50. The molecule has 1 fully saturated rings. The van der Waals surface area contributed by atoms with Crippen molar-refractivity contribution in [2.75, 3.05) is 19.7 Å². The summed E-state index contributed by atoms with van der Waals surface area (Å²) in [5.41, 5.74) is 1.24. The summed E-state index contributed by atoms with van der Waals surface area (Å²) in [4.78, 5) is 12.9. The number of Topliss-reactive ketones (excluding diaryl/α,β-unsaturated/α-hetero) is 1. The topological polar surface area (TPSA) is 99.0 Å². The van der Waals surface area contributed by atoms with Gasteiger partial charge < -0.3 is 25.4 Å². The maximum absolute atomic E-state index is 12.9. The van der Waals surface area contributed by atoms with Gasteiger partial charge in [-0.25, -0.2) is 0 Å². The fourth-order valence-corrected chi connectivity index (χ4v) is 4.51. The Kier molecular flexibility index (Phi) is 5.19. The molecule has 7 heteroatoms. The van der Waals surface area contributed by atoms with E-state index in [0.717, 1.165) is 6.54 Å². The number of nitrogens with one attached hydrogen (secondary N) is 1. The normalized spacial score (nSPS) is 24.5. The highest BCUT2D eigenvalue weighted by molar-refractivity contribution is 6.31. The number of carbonyl (C=O) groups excluding carboxylic acids is 1. The minimum absolute atomic E-state index is 0.0458. The Morgan fingerprint density at radius 1 is 1.21 bits per heavy atom. The molecule has 28 heavy (non-hydrogen) atoms. The molecule has 1 saturated heterocycles. The van der Waals surface area contributed by atoms with Crippen molar-refractivity contribution < 1.29 is 24.9 Å². The molecular formula is C21H22ClNO5. The van der Waals surface area contributed by atoms with Crippen molar-refractivity contribution in [1.82, 2.24) is 5.32 Å². The molecule has 2 aromatic rings. The Labute approximate surface area is 167 Å². The van der Waals surface area contributed by atoms with E-state index in [1.54, 1.807) is 18.2 Å². The zero-order valence-corrected chi connectivity index (χ0v) is 15.9. The molecule has 4 N–H and O–H groups in total. The van der Waals surface area contributed by atoms with Gasteiger partial charge in [0.25, 0.3) is 0 Å². The molecule has 0 bridgehead atoms. The van der Waals surface area contributed by atoms with Gasteiger partial charge in [-0.3, -0.25) is 4.79 Å². The fraction of sp³-hybridized carbons (Fsp3) is 0.381. The van der Waals surface area contributed by atoms with Crippen molar-refractivity contribution in [2.24, 2.45) is 5.92 Å². The highest BCUT2D eigenvalue weighted by atomic mass is 35.5. The van der Waals surface area contributed by atoms with Gasteiger partial charge in [-0.05, 0) is 24.9 Å². The molecule has 2 aliphatic heterocycles. The van der Waals surface area contributed by atoms with E-state index in [-0.39, 0.29) is 53.5 Å². The average Bonchev–Trinajstić information content (AvgIpc) is 2.68. The van der Waals surface area contributed by atoms with E-state index >= 15 is 0 Å². The number of ketones is 1. The maximum atomic E-state index is 12.9. The SMILES string of the molecule is O=C1CC(c2ccccc2Cl)Oc2c1c(O)cc(O)c2C1CCNCC1CO. The summed E-state index contributed by atoms with van der Waals surface area (Å²) in [7, 11) is 0. The molecule has 4 rings (SSSR count). The fourth-order valence-electron chi connectivity index (χ4n) is 4.26. The first kappa shape index (κ1) is 19.1. The van der Waals surface area contributed by atoms with Gasteiger partial charge >= 0.3 is 0 Å². The Balaban J connectivity index is 1.84. The smallest absolute Gasteiger partial charge is 0.174 e. The van der Waals surface area contributed by atoms with Crippen LogP contribution in [0.25, 0.3) is 0 Å². The van der Waals surface area contributed by atoms with Crippen LogP contribution in [-0.2, 0) is 0 Å². The van der Waals surface area contributed by atoms with Crippen LogP contribution in [0.2, 0.25) is 5.02 Å². The Bertz CT molecular complexity index is 916. The molecule has 2 aromatic carbocycles. The highest BCUT2D eigenvalue weighted by Gasteiger charge is 2.38. The van der Waals surface area contributed by atoms with Crippen LogP contribution in [0.5, 0.6) is 17.2 Å². The van der Waals surface area contributed by atoms with Crippen molar-refractivity contribution >= 4 is 17.4 Å². The Morgan fingerprint density at radius 3 is 2.75 bits per heavy atom. The van der Waals surface area contributed by atoms with E-state index in [1.165, 1.54) is 6.07 Å². The van der Waals surface area contributed by atoms with Crippen LogP contribution in [0.15, 0.2) is 30.3 Å². The number of rotatable bonds is 3. The third-order valence-corrected chi connectivity index (χ3v) is 6.00. The minimum Gasteiger partial charge on any atom is -0.507 e. The third kappa shape index (κ3) is 3.21. The number of fused-ring (bicyclic) bond motifs is 1. The third-order valence-electron chi connectivity index (χ3n) is 5.65. The quantitative estimate of drug-likeness (QED) is 0.628. The molecule has 3 unspecified atom stereocenters. The number of benzene rings is 2. The van der Waals surface area contributed by atoms with Gasteiger partial charge in [0.05, 0.1) is 6.42 Å². The Hall–Kier alpha value is -2.28. The van der Waals surface area contributed by atoms with Crippen molar-refractivity contribution in [1.29, 1.82) is 0 Å². The van der Waals surface area contributed by atoms with Crippen LogP contribution in [0.3, 0.4) is 0 Å². The van der Waals surface area contributed by atoms with Crippen LogP contribution in [0.4, 0.5) is 0 Å². The minimum atomic E-state index is -0.608. The molecule has 6 nitrogen and oxygen atoms in total. The standard InChI is InChI=1S/C21H22ClNO5/c22-14-4-2-1-3-13(14)18-8-17(27)20-16(26)7-15(25)19(21(20)28-18)12-5-6-23-9-11(12)10-24/h1-4,7,11-12,18,23-26H,5-6,8-10H2. The van der Waals surface area contributed by atoms with E-state index in [1.807, 2.05) is 6.07 Å². The largest absolute Gasteiger partial charge is 0.507 e. The van der Waals surface area contributed by atoms with Gasteiger partial charge in [-0.15, -0.1) is 0 Å². The van der Waals surface area contributed by atoms with Gasteiger partial charge in [-0.2, -0.15) is 0 Å². The summed E-state index contributed by atoms with van der Waals surface area (Å²) in [6.07, 6.45) is 0.108. The number of ether oxygens (including phenoxy) is 1. The lowest BCUT2D eigenvalue weighted by molar-refractivity contribution is 0.0837. The predicted octanol–water partition coefficient (Wildman–Crippen LogP) is 3.14. The van der Waals surface area contributed by atoms with E-state index in [2.05, 4.69) is 5.32 Å². The molecule has 0 aromatic heterocycles. The number of phenols is 2. The number of carbonyl (C=O) groups is 1. The summed E-state index contributed by atoms with van der Waals surface area (Å²) in [5.74, 6) is -0.822. The van der Waals surface area contributed by atoms with E-state index in [9.17, 15) is 20.1 Å². The molecule has 0 spiro atoms. The number of piperidine rings is 1. The first-order valence-electron chi connectivity index (χ1n) is 9.36. The van der Waals surface area contributed by atoms with Crippen molar-refractivity contribution in [3.05, 3.63) is 52.0 Å². The van der Waals surface area contributed by atoms with Crippen molar-refractivity contribution in [2.45, 2.75) is 24.9 Å². The second-order valence-electron chi connectivity index (χ2n) is 7.33. The lowest BCUT2D eigenvalue weighted by Crippen LogP contribution is -2.37. The number of aliphatic hydroxyl groups excluding tert-OH is 1. The van der Waals surface area contributed by atoms with Gasteiger partial charge in [-0.1, -0.05) is 29.8 Å². The average molecular weight is 404 g/mol. The van der Waals surface area contributed by atoms with Gasteiger partial charge in [0.1, 0.15) is 28.9 Å². The van der Waals surface area contributed by atoms with Crippen LogP contribution in [0.1, 0.15) is 46.3 Å². The van der Waals surface area contributed by atoms with Crippen molar-refractivity contribution in [3.63, 3.8) is 0 Å². The number of aliphatic hydroxyl groups is 1. The first-order valence-corrected chi connectivity index (χ1v) is 9.73. The first-order chi connectivity index (χ1) is 13.5. The monoisotopic (exact) mass is 403 g/mol. The second-order valence-corrected chi connectivity index (χ2v) is 7.74. The molecule has 0 aliphatic carbocycles. The molecule has 0 saturated carbocycles. The van der Waals surface area contributed by atoms with Crippen LogP contribution in [0, 0.1) is 5.92 Å². The summed E-state index contributed by atoms with van der Waals surface area (Å²) >= 11 is 6.30. The predicted molar refractivity (Wildman–Crippen MR) is 104 cm³/mol. The maximum Gasteiger partial charge on any atom is 0.174 e. The summed E-state index contributed by atoms with van der Waals surface area (Å²) in [6.45, 7) is 1.25. The van der Waals surface area contributed by atoms with Gasteiger partial charge in [0.15, 0.2) is 5.78 Å². The molecule has 148 valence electrons. The van der Waals surface area contributed by atoms with E-state index in [4.69, 9.17) is 16.3 Å². The van der Waals surface area contributed by atoms with E-state index in [0.29, 0.717) is 29.1 Å². The molecule has 2 aliphatic rings. The lowest BCUT2D eigenvalue weighted by Gasteiger charge is -2.35. The number of hydrogen-bond donors (Lipinski definition) is 4. The second kappa shape index (κ2) is 7.62. The summed E-state index contributed by atoms with van der Waals surface area (Å²) in [5, 5.41) is 34.5. The number of aromatic hydroxyl groups is 2. The van der Waals surface area contributed by atoms with Crippen LogP contribution >= 0.6 is 11.6 Å². The van der Waals surface area contributed by atoms with E-state index < -0.39 is 6.10 Å². The van der Waals surface area contributed by atoms with Gasteiger partial charge in [0.2, 0.25) is 0 Å². The molecule has 0 amide bonds. The molecule has 2 heterocycles. The number of hydrogen-bond acceptors (Lipinski definition) is 6. The summed E-state index contributed by atoms with van der Waals surface area (Å²) in [6, 6.07) is 8.35. The lowest BCUT2D eigenvalue weighted by atomic mass is 9.79. The molecule has 0 radical (unpaired) electrons. The van der Waals surface area contributed by atoms with Crippen molar-refractivity contribution in [3.8, 4) is 17.2 Å². The zero-order valence-electron chi connectivity index (χ0n) is 15.2. The van der Waals surface area contributed by atoms with Crippen LogP contribution in [-0.4, -0.2) is 40.8 Å². The zero-order chi connectivity index (χ0) is 19.8. The Morgan fingerprint density at radius 2 is 2.00 bits per heavy atom. The molecule has 3 atom stereocenters.